The van der Waals surface area contributed by atoms with E-state index < -0.39 is 27.9 Å². The third kappa shape index (κ3) is 6.62. The molecule has 1 saturated heterocycles. The number of nitrogens with zero attached hydrogens (tertiary/aromatic N) is 2. The second-order valence-corrected chi connectivity index (χ2v) is 12.7. The molecule has 1 aliphatic rings. The van der Waals surface area contributed by atoms with Gasteiger partial charge >= 0.3 is 0 Å². The lowest BCUT2D eigenvalue weighted by Gasteiger charge is -2.24. The molecule has 9 nitrogen and oxygen atoms in total. The van der Waals surface area contributed by atoms with Gasteiger partial charge < -0.3 is 15.0 Å². The van der Waals surface area contributed by atoms with Crippen molar-refractivity contribution in [3.8, 4) is 11.8 Å². The third-order valence-electron chi connectivity index (χ3n) is 7.33. The quantitative estimate of drug-likeness (QED) is 0.269. The molecule has 4 aromatic rings. The van der Waals surface area contributed by atoms with E-state index in [9.17, 15) is 18.0 Å². The van der Waals surface area contributed by atoms with E-state index in [0.717, 1.165) is 16.5 Å². The summed E-state index contributed by atoms with van der Waals surface area (Å²) >= 11 is 1.30. The predicted octanol–water partition coefficient (Wildman–Crippen LogP) is 3.84. The van der Waals surface area contributed by atoms with Gasteiger partial charge in [-0.15, -0.1) is 11.3 Å². The van der Waals surface area contributed by atoms with Crippen LogP contribution in [0.2, 0.25) is 0 Å². The van der Waals surface area contributed by atoms with Crippen molar-refractivity contribution in [1.29, 1.82) is 5.26 Å². The molecule has 2 N–H and O–H groups in total. The largest absolute Gasteiger partial charge is 0.497 e. The highest BCUT2D eigenvalue weighted by Crippen LogP contribution is 2.28. The summed E-state index contributed by atoms with van der Waals surface area (Å²) in [7, 11) is -2.65. The molecule has 1 aromatic heterocycles. The zero-order valence-corrected chi connectivity index (χ0v) is 24.6. The number of methoxy groups -OCH3 is 1. The highest BCUT2D eigenvalue weighted by atomic mass is 32.2. The highest BCUT2D eigenvalue weighted by Gasteiger charge is 2.42. The Morgan fingerprint density at radius 2 is 1.88 bits per heavy atom. The highest BCUT2D eigenvalue weighted by molar-refractivity contribution is 7.89. The number of likely N-dealkylation sites (tertiary alicyclic amines) is 1. The van der Waals surface area contributed by atoms with Crippen molar-refractivity contribution < 1.29 is 22.7 Å². The van der Waals surface area contributed by atoms with Crippen LogP contribution in [0.4, 0.5) is 0 Å². The van der Waals surface area contributed by atoms with Gasteiger partial charge in [-0.25, -0.2) is 8.42 Å². The van der Waals surface area contributed by atoms with E-state index in [1.165, 1.54) is 30.6 Å². The van der Waals surface area contributed by atoms with E-state index in [4.69, 9.17) is 10.00 Å². The number of nitriles is 1. The number of carbonyl (C=O) groups excluding carboxylic acids is 2. The number of fused-ring (bicyclic) bond motifs is 1. The number of benzene rings is 3. The van der Waals surface area contributed by atoms with Crippen LogP contribution in [0.15, 0.2) is 83.1 Å². The molecular formula is C31H30N4O5S2. The summed E-state index contributed by atoms with van der Waals surface area (Å²) in [5.74, 6) is -1.16. The van der Waals surface area contributed by atoms with Gasteiger partial charge in [0.1, 0.15) is 22.7 Å². The van der Waals surface area contributed by atoms with Crippen LogP contribution in [0.1, 0.15) is 22.4 Å². The number of thiophene rings is 1. The molecule has 5 rings (SSSR count). The fraction of sp³-hybridized carbons (Fsp3) is 0.258. The first-order valence-electron chi connectivity index (χ1n) is 13.5. The van der Waals surface area contributed by atoms with Crippen molar-refractivity contribution in [1.82, 2.24) is 14.9 Å². The maximum absolute atomic E-state index is 13.6. The van der Waals surface area contributed by atoms with E-state index in [1.54, 1.807) is 29.2 Å². The molecule has 0 radical (unpaired) electrons. The molecule has 42 heavy (non-hydrogen) atoms. The predicted molar refractivity (Wildman–Crippen MR) is 160 cm³/mol. The van der Waals surface area contributed by atoms with E-state index >= 15 is 0 Å². The van der Waals surface area contributed by atoms with Crippen molar-refractivity contribution in [2.75, 3.05) is 20.2 Å². The summed E-state index contributed by atoms with van der Waals surface area (Å²) in [6.45, 7) is 0.939. The van der Waals surface area contributed by atoms with Gasteiger partial charge in [-0.05, 0) is 70.5 Å². The Bertz CT molecular complexity index is 1750. The molecule has 216 valence electrons. The van der Waals surface area contributed by atoms with Crippen LogP contribution in [-0.2, 0) is 32.6 Å². The van der Waals surface area contributed by atoms with E-state index in [2.05, 4.69) is 16.1 Å². The van der Waals surface area contributed by atoms with Gasteiger partial charge in [0.25, 0.3) is 0 Å². The first-order chi connectivity index (χ1) is 20.3. The molecule has 2 heterocycles. The lowest BCUT2D eigenvalue weighted by Crippen LogP contribution is -2.53. The lowest BCUT2D eigenvalue weighted by atomic mass is 9.98. The van der Waals surface area contributed by atoms with Crippen LogP contribution in [0, 0.1) is 17.2 Å². The molecular weight excluding hydrogens is 572 g/mol. The number of nitrogens with one attached hydrogen (secondary N) is 2. The minimum Gasteiger partial charge on any atom is -0.497 e. The average Bonchev–Trinajstić information content (AvgIpc) is 3.62. The molecule has 1 aliphatic heterocycles. The van der Waals surface area contributed by atoms with Crippen molar-refractivity contribution in [3.05, 3.63) is 94.2 Å². The maximum Gasteiger partial charge on any atom is 0.241 e. The SMILES string of the molecule is COc1ccc2ccc(S(=O)(=O)NC(C(=O)NCCc3ccccc3)[C@@H]3CCN(Cc4csc(C#N)c4)C3=O)cc2c1. The monoisotopic (exact) mass is 602 g/mol. The number of sulfonamides is 1. The Kier molecular flexibility index (Phi) is 8.87. The third-order valence-corrected chi connectivity index (χ3v) is 9.65. The standard InChI is InChI=1S/C31H30N4O5S2/c1-40-25-9-7-23-8-10-27(17-24(23)16-25)42(38,39)34-29(30(36)33-13-11-21-5-3-2-4-6-21)28-12-14-35(31(28)37)19-22-15-26(18-32)41-20-22/h2-10,15-17,20,28-29,34H,11-14,19H2,1H3,(H,33,36)/t28-,29?/m0/s1. The first-order valence-corrected chi connectivity index (χ1v) is 15.8. The summed E-state index contributed by atoms with van der Waals surface area (Å²) in [6.07, 6.45) is 0.866. The van der Waals surface area contributed by atoms with E-state index in [0.29, 0.717) is 35.4 Å². The van der Waals surface area contributed by atoms with Crippen molar-refractivity contribution in [2.45, 2.75) is 30.3 Å². The Hall–Kier alpha value is -4.24. The number of amides is 2. The van der Waals surface area contributed by atoms with Gasteiger partial charge in [-0.3, -0.25) is 9.59 Å². The van der Waals surface area contributed by atoms with E-state index in [-0.39, 0.29) is 23.9 Å². The van der Waals surface area contributed by atoms with Gasteiger partial charge in [-0.1, -0.05) is 42.5 Å². The minimum absolute atomic E-state index is 0.0186. The fourth-order valence-corrected chi connectivity index (χ4v) is 7.07. The molecule has 2 amide bonds. The van der Waals surface area contributed by atoms with Crippen LogP contribution < -0.4 is 14.8 Å². The zero-order chi connectivity index (χ0) is 29.7. The normalized spacial score (nSPS) is 15.9. The summed E-state index contributed by atoms with van der Waals surface area (Å²) < 4.78 is 35.1. The Morgan fingerprint density at radius 3 is 2.62 bits per heavy atom. The van der Waals surface area contributed by atoms with Crippen LogP contribution in [0.3, 0.4) is 0 Å². The Labute approximate surface area is 248 Å². The lowest BCUT2D eigenvalue weighted by molar-refractivity contribution is -0.135. The molecule has 0 spiro atoms. The first kappa shape index (κ1) is 29.3. The molecule has 0 bridgehead atoms. The molecule has 0 saturated carbocycles. The van der Waals surface area contributed by atoms with Crippen LogP contribution in [0.5, 0.6) is 5.75 Å². The van der Waals surface area contributed by atoms with E-state index in [1.807, 2.05) is 41.8 Å². The smallest absolute Gasteiger partial charge is 0.241 e. The summed E-state index contributed by atoms with van der Waals surface area (Å²) in [5, 5.41) is 15.3. The molecule has 0 aliphatic carbocycles. The number of hydrogen-bond acceptors (Lipinski definition) is 7. The second kappa shape index (κ2) is 12.7. The van der Waals surface area contributed by atoms with Crippen molar-refractivity contribution in [2.24, 2.45) is 5.92 Å². The number of carbonyl (C=O) groups is 2. The topological polar surface area (TPSA) is 129 Å². The fourth-order valence-electron chi connectivity index (χ4n) is 5.10. The second-order valence-electron chi connectivity index (χ2n) is 10.1. The van der Waals surface area contributed by atoms with Gasteiger partial charge in [0.2, 0.25) is 21.8 Å². The van der Waals surface area contributed by atoms with Crippen molar-refractivity contribution in [3.63, 3.8) is 0 Å². The van der Waals surface area contributed by atoms with Gasteiger partial charge in [0, 0.05) is 19.6 Å². The van der Waals surface area contributed by atoms with Crippen molar-refractivity contribution >= 4 is 43.9 Å². The van der Waals surface area contributed by atoms with Crippen LogP contribution in [0.25, 0.3) is 10.8 Å². The molecule has 1 fully saturated rings. The van der Waals surface area contributed by atoms with Crippen LogP contribution >= 0.6 is 11.3 Å². The maximum atomic E-state index is 13.6. The van der Waals surface area contributed by atoms with Gasteiger partial charge in [-0.2, -0.15) is 9.98 Å². The molecule has 11 heteroatoms. The van der Waals surface area contributed by atoms with Crippen LogP contribution in [-0.4, -0.2) is 51.4 Å². The number of ether oxygens (including phenoxy) is 1. The molecule has 2 atom stereocenters. The number of hydrogen-bond donors (Lipinski definition) is 2. The zero-order valence-electron chi connectivity index (χ0n) is 22.9. The molecule has 1 unspecified atom stereocenters. The minimum atomic E-state index is -4.19. The molecule has 3 aromatic carbocycles. The Morgan fingerprint density at radius 1 is 1.10 bits per heavy atom. The average molecular weight is 603 g/mol. The van der Waals surface area contributed by atoms with Gasteiger partial charge in [0.05, 0.1) is 17.9 Å². The summed E-state index contributed by atoms with van der Waals surface area (Å²) in [4.78, 5) is 29.2. The summed E-state index contributed by atoms with van der Waals surface area (Å²) in [5.41, 5.74) is 1.85. The summed E-state index contributed by atoms with van der Waals surface area (Å²) in [6, 6.07) is 22.2. The van der Waals surface area contributed by atoms with Gasteiger partial charge in [0.15, 0.2) is 0 Å². The number of rotatable bonds is 11. The Balaban J connectivity index is 1.38.